The summed E-state index contributed by atoms with van der Waals surface area (Å²) in [6, 6.07) is 3.75. The van der Waals surface area contributed by atoms with Crippen LogP contribution in [-0.4, -0.2) is 42.6 Å². The maximum absolute atomic E-state index is 12.9. The molecule has 10 nitrogen and oxygen atoms in total. The van der Waals surface area contributed by atoms with E-state index in [1.165, 1.54) is 0 Å². The molecule has 0 spiro atoms. The Morgan fingerprint density at radius 1 is 1.00 bits per heavy atom. The quantitative estimate of drug-likeness (QED) is 0.256. The second-order valence-electron chi connectivity index (χ2n) is 11.2. The molecule has 0 aliphatic carbocycles. The molecule has 2 heterocycles. The second kappa shape index (κ2) is 11.9. The predicted molar refractivity (Wildman–Crippen MR) is 150 cm³/mol. The molecule has 0 fully saturated rings. The van der Waals surface area contributed by atoms with E-state index in [9.17, 15) is 9.59 Å². The molecule has 0 aliphatic heterocycles. The molecule has 210 valence electrons. The number of rotatable bonds is 10. The predicted octanol–water partition coefficient (Wildman–Crippen LogP) is 5.50. The number of nitrogens with one attached hydrogen (secondary N) is 2. The zero-order chi connectivity index (χ0) is 29.0. The third-order valence-electron chi connectivity index (χ3n) is 5.83. The molecule has 0 unspecified atom stereocenters. The van der Waals surface area contributed by atoms with Gasteiger partial charge in [-0.3, -0.25) is 14.9 Å². The Bertz CT molecular complexity index is 1360. The minimum absolute atomic E-state index is 0.102. The number of hydrogen-bond donors (Lipinski definition) is 2. The van der Waals surface area contributed by atoms with E-state index in [1.54, 1.807) is 47.3 Å². The Labute approximate surface area is 229 Å². The van der Waals surface area contributed by atoms with Crippen LogP contribution in [0.1, 0.15) is 58.4 Å². The first-order valence-electron chi connectivity index (χ1n) is 12.6. The van der Waals surface area contributed by atoms with E-state index < -0.39 is 10.8 Å². The fraction of sp³-hybridized carbons (Fsp3) is 0.448. The molecule has 0 bridgehead atoms. The number of fused-ring (bicyclic) bond motifs is 1. The zero-order valence-electron chi connectivity index (χ0n) is 24.0. The van der Waals surface area contributed by atoms with Crippen LogP contribution in [0.3, 0.4) is 0 Å². The van der Waals surface area contributed by atoms with Gasteiger partial charge in [0, 0.05) is 34.4 Å². The number of carbonyl (C=O) groups is 2. The zero-order valence-corrected chi connectivity index (χ0v) is 24.0. The lowest BCUT2D eigenvalue weighted by atomic mass is 9.95. The van der Waals surface area contributed by atoms with Gasteiger partial charge in [-0.2, -0.15) is 4.98 Å². The topological polar surface area (TPSA) is 125 Å². The summed E-state index contributed by atoms with van der Waals surface area (Å²) in [5.41, 5.74) is 0.678. The second-order valence-corrected chi connectivity index (χ2v) is 11.2. The molecule has 2 aromatic heterocycles. The number of nitrogens with zero attached hydrogens (tertiary/aromatic N) is 2. The lowest BCUT2D eigenvalue weighted by molar-refractivity contribution is -0.123. The van der Waals surface area contributed by atoms with E-state index in [4.69, 9.17) is 18.6 Å². The summed E-state index contributed by atoms with van der Waals surface area (Å²) < 4.78 is 22.8. The smallest absolute Gasteiger partial charge is 0.232 e. The standard InChI is InChI=1S/C29H38N4O6/c1-10-11-38-16-19-14-20-17(13-21(36-8)23(37-9)22(20)39-19)12-18-15-30-27(33-26(35)29(5,6)7)32-24(18)31-25(34)28(2,3)4/h10,13-15H,1,11-12,16H2,2-9H3,(H2,30,31,32,33,34,35). The van der Waals surface area contributed by atoms with Crippen molar-refractivity contribution in [2.45, 2.75) is 54.6 Å². The van der Waals surface area contributed by atoms with Crippen LogP contribution in [0.4, 0.5) is 11.8 Å². The Hall–Kier alpha value is -3.92. The highest BCUT2D eigenvalue weighted by Gasteiger charge is 2.26. The van der Waals surface area contributed by atoms with Crippen molar-refractivity contribution in [1.82, 2.24) is 9.97 Å². The molecule has 3 rings (SSSR count). The Balaban J connectivity index is 2.09. The van der Waals surface area contributed by atoms with Crippen molar-refractivity contribution in [3.8, 4) is 11.5 Å². The first-order chi connectivity index (χ1) is 18.3. The van der Waals surface area contributed by atoms with Gasteiger partial charge in [0.05, 0.1) is 20.8 Å². The van der Waals surface area contributed by atoms with Crippen molar-refractivity contribution >= 4 is 34.5 Å². The van der Waals surface area contributed by atoms with Crippen molar-refractivity contribution in [1.29, 1.82) is 0 Å². The number of ether oxygens (including phenoxy) is 3. The van der Waals surface area contributed by atoms with Crippen LogP contribution in [-0.2, 0) is 27.4 Å². The summed E-state index contributed by atoms with van der Waals surface area (Å²) in [6.07, 6.45) is 3.59. The van der Waals surface area contributed by atoms with Crippen LogP contribution in [0.2, 0.25) is 0 Å². The molecule has 0 saturated carbocycles. The molecule has 1 aromatic carbocycles. The summed E-state index contributed by atoms with van der Waals surface area (Å²) in [5.74, 6) is 1.50. The third kappa shape index (κ3) is 7.14. The van der Waals surface area contributed by atoms with Crippen LogP contribution in [0.15, 0.2) is 35.4 Å². The number of benzene rings is 1. The van der Waals surface area contributed by atoms with Crippen molar-refractivity contribution < 1.29 is 28.2 Å². The van der Waals surface area contributed by atoms with Gasteiger partial charge in [-0.15, -0.1) is 6.58 Å². The molecule has 39 heavy (non-hydrogen) atoms. The fourth-order valence-electron chi connectivity index (χ4n) is 3.56. The molecular weight excluding hydrogens is 500 g/mol. The largest absolute Gasteiger partial charge is 0.493 e. The fourth-order valence-corrected chi connectivity index (χ4v) is 3.56. The first-order valence-corrected chi connectivity index (χ1v) is 12.6. The van der Waals surface area contributed by atoms with E-state index in [2.05, 4.69) is 27.2 Å². The maximum atomic E-state index is 12.9. The van der Waals surface area contributed by atoms with E-state index >= 15 is 0 Å². The van der Waals surface area contributed by atoms with Crippen molar-refractivity contribution in [2.24, 2.45) is 10.8 Å². The first kappa shape index (κ1) is 29.6. The van der Waals surface area contributed by atoms with Gasteiger partial charge in [0.2, 0.25) is 23.5 Å². The monoisotopic (exact) mass is 538 g/mol. The number of anilines is 2. The summed E-state index contributed by atoms with van der Waals surface area (Å²) in [5, 5.41) is 6.44. The summed E-state index contributed by atoms with van der Waals surface area (Å²) >= 11 is 0. The lowest BCUT2D eigenvalue weighted by Crippen LogP contribution is -2.30. The minimum atomic E-state index is -0.668. The van der Waals surface area contributed by atoms with Crippen LogP contribution < -0.4 is 20.1 Å². The van der Waals surface area contributed by atoms with E-state index in [0.29, 0.717) is 47.3 Å². The average molecular weight is 539 g/mol. The summed E-state index contributed by atoms with van der Waals surface area (Å²) in [6.45, 7) is 15.1. The van der Waals surface area contributed by atoms with Crippen LogP contribution >= 0.6 is 0 Å². The Morgan fingerprint density at radius 3 is 2.26 bits per heavy atom. The molecule has 2 N–H and O–H groups in total. The van der Waals surface area contributed by atoms with Gasteiger partial charge in [0.15, 0.2) is 11.3 Å². The van der Waals surface area contributed by atoms with Gasteiger partial charge >= 0.3 is 0 Å². The molecule has 3 aromatic rings. The van der Waals surface area contributed by atoms with Gasteiger partial charge in [-0.1, -0.05) is 47.6 Å². The number of methoxy groups -OCH3 is 2. The highest BCUT2D eigenvalue weighted by molar-refractivity contribution is 5.96. The molecule has 10 heteroatoms. The lowest BCUT2D eigenvalue weighted by Gasteiger charge is -2.20. The Morgan fingerprint density at radius 2 is 1.67 bits per heavy atom. The molecule has 2 amide bonds. The van der Waals surface area contributed by atoms with Gasteiger partial charge in [0.1, 0.15) is 18.2 Å². The van der Waals surface area contributed by atoms with Gasteiger partial charge in [0.25, 0.3) is 0 Å². The normalized spacial score (nSPS) is 11.8. The summed E-state index contributed by atoms with van der Waals surface area (Å²) in [4.78, 5) is 34.3. The van der Waals surface area contributed by atoms with Gasteiger partial charge in [-0.05, 0) is 17.7 Å². The molecule has 0 saturated heterocycles. The van der Waals surface area contributed by atoms with Crippen LogP contribution in [0.5, 0.6) is 11.5 Å². The number of aromatic nitrogens is 2. The number of amides is 2. The van der Waals surface area contributed by atoms with Crippen molar-refractivity contribution in [3.63, 3.8) is 0 Å². The van der Waals surface area contributed by atoms with Gasteiger partial charge < -0.3 is 23.9 Å². The highest BCUT2D eigenvalue weighted by atomic mass is 16.5. The molecule has 0 radical (unpaired) electrons. The maximum Gasteiger partial charge on any atom is 0.232 e. The van der Waals surface area contributed by atoms with Crippen LogP contribution in [0.25, 0.3) is 11.0 Å². The van der Waals surface area contributed by atoms with Crippen LogP contribution in [0, 0.1) is 10.8 Å². The number of hydrogen-bond acceptors (Lipinski definition) is 8. The molecule has 0 atom stereocenters. The minimum Gasteiger partial charge on any atom is -0.493 e. The van der Waals surface area contributed by atoms with Crippen molar-refractivity contribution in [3.05, 3.63) is 47.9 Å². The van der Waals surface area contributed by atoms with Crippen molar-refractivity contribution in [2.75, 3.05) is 31.5 Å². The Kier molecular flexibility index (Phi) is 9.01. The molecule has 0 aliphatic rings. The van der Waals surface area contributed by atoms with E-state index in [-0.39, 0.29) is 24.4 Å². The summed E-state index contributed by atoms with van der Waals surface area (Å²) in [7, 11) is 3.10. The van der Waals surface area contributed by atoms with E-state index in [1.807, 2.05) is 32.9 Å². The highest BCUT2D eigenvalue weighted by Crippen LogP contribution is 2.41. The third-order valence-corrected chi connectivity index (χ3v) is 5.83. The van der Waals surface area contributed by atoms with Gasteiger partial charge in [-0.25, -0.2) is 4.98 Å². The SMILES string of the molecule is C=CCOCc1cc2c(Cc3cnc(NC(=O)C(C)(C)C)nc3NC(=O)C(C)(C)C)cc(OC)c(OC)c2o1. The van der Waals surface area contributed by atoms with E-state index in [0.717, 1.165) is 10.9 Å². The molecular formula is C29H38N4O6. The number of carbonyl (C=O) groups excluding carboxylic acids is 2. The number of furan rings is 1. The average Bonchev–Trinajstić information content (AvgIpc) is 3.28.